The van der Waals surface area contributed by atoms with Crippen LogP contribution in [-0.4, -0.2) is 107 Å². The number of ether oxygens (including phenoxy) is 2. The molecule has 1 saturated carbocycles. The van der Waals surface area contributed by atoms with Gasteiger partial charge in [-0.05, 0) is 70.4 Å². The summed E-state index contributed by atoms with van der Waals surface area (Å²) in [4.78, 5) is 60.0. The van der Waals surface area contributed by atoms with Gasteiger partial charge >= 0.3 is 0 Å². The molecule has 2 heterocycles. The van der Waals surface area contributed by atoms with E-state index in [0.717, 1.165) is 39.6 Å². The van der Waals surface area contributed by atoms with Gasteiger partial charge in [0.2, 0.25) is 24.0 Å². The smallest absolute Gasteiger partial charge is 0.241 e. The van der Waals surface area contributed by atoms with E-state index in [1.54, 1.807) is 63.5 Å². The van der Waals surface area contributed by atoms with Gasteiger partial charge in [0.1, 0.15) is 17.0 Å². The number of nitrogens with one attached hydrogen (secondary N) is 4. The molecule has 3 aromatic rings. The minimum atomic E-state index is -0.975. The molecular weight excluding hydrogens is 962 g/mol. The number of hydrogen-bond acceptors (Lipinski definition) is 12. The van der Waals surface area contributed by atoms with Crippen LogP contribution in [0, 0.1) is 5.92 Å². The van der Waals surface area contributed by atoms with Crippen molar-refractivity contribution in [2.45, 2.75) is 70.5 Å². The second-order valence-corrected chi connectivity index (χ2v) is 16.5. The van der Waals surface area contributed by atoms with E-state index in [-0.39, 0.29) is 127 Å². The third kappa shape index (κ3) is 13.7. The molecule has 1 spiro atoms. The number of ketones is 1. The van der Waals surface area contributed by atoms with E-state index in [1.165, 1.54) is 0 Å². The number of fused-ring (bicyclic) bond motifs is 4. The molecule has 4 amide bonds. The molecule has 2 radical (unpaired) electrons. The van der Waals surface area contributed by atoms with Gasteiger partial charge in [0, 0.05) is 125 Å². The molecule has 7 N–H and O–H groups in total. The second-order valence-electron chi connectivity index (χ2n) is 16.2. The second kappa shape index (κ2) is 23.0. The maximum atomic E-state index is 12.3. The number of phenolic OH excluding ortho intramolecular Hbond substituents is 1. The average molecular weight is 1020 g/mol. The zero-order valence-corrected chi connectivity index (χ0v) is 41.6. The minimum absolute atomic E-state index is 0. The number of carbonyl (C=O) groups is 5. The number of allylic oxidation sites excluding steroid dienone is 2. The Balaban J connectivity index is 0.000000306. The Labute approximate surface area is 411 Å². The molecule has 2 aliphatic carbocycles. The number of benzene rings is 3. The average Bonchev–Trinajstić information content (AvgIpc) is 3.59. The first-order chi connectivity index (χ1) is 27.7. The first-order valence-electron chi connectivity index (χ1n) is 19.0. The molecule has 0 aromatic heterocycles. The molecule has 61 heavy (non-hydrogen) atoms. The number of piperidine rings is 1. The number of aliphatic hydroxyl groups is 2. The maximum Gasteiger partial charge on any atom is 0.241 e. The van der Waals surface area contributed by atoms with E-state index in [1.807, 2.05) is 48.5 Å². The summed E-state index contributed by atoms with van der Waals surface area (Å²) in [6.45, 7) is 11.1. The van der Waals surface area contributed by atoms with Gasteiger partial charge < -0.3 is 46.1 Å². The van der Waals surface area contributed by atoms with Crippen LogP contribution in [0.25, 0.3) is 22.2 Å². The fourth-order valence-electron chi connectivity index (χ4n) is 7.48. The Morgan fingerprint density at radius 2 is 1.33 bits per heavy atom. The van der Waals surface area contributed by atoms with E-state index < -0.39 is 23.4 Å². The van der Waals surface area contributed by atoms with Gasteiger partial charge in [0.15, 0.2) is 5.78 Å². The van der Waals surface area contributed by atoms with Crippen molar-refractivity contribution in [2.75, 3.05) is 50.4 Å². The Bertz CT molecular complexity index is 2070. The first-order valence-corrected chi connectivity index (χ1v) is 19.5. The molecule has 4 aliphatic rings. The molecule has 2 aliphatic heterocycles. The van der Waals surface area contributed by atoms with Crippen LogP contribution in [0.1, 0.15) is 75.4 Å². The summed E-state index contributed by atoms with van der Waals surface area (Å²) in [6, 6.07) is 16.9. The van der Waals surface area contributed by atoms with Crippen LogP contribution in [0.3, 0.4) is 0 Å². The normalized spacial score (nSPS) is 18.8. The summed E-state index contributed by atoms with van der Waals surface area (Å²) in [7, 11) is 0. The van der Waals surface area contributed by atoms with Gasteiger partial charge in [-0.1, -0.05) is 48.5 Å². The third-order valence-electron chi connectivity index (χ3n) is 9.70. The number of carbonyl (C=O) groups excluding carboxylic acids is 5. The van der Waals surface area contributed by atoms with Crippen LogP contribution in [0.4, 0.5) is 15.3 Å². The number of nitrogens with zero attached hydrogens (tertiary/aromatic N) is 2. The van der Waals surface area contributed by atoms with Crippen molar-refractivity contribution in [2.24, 2.45) is 5.92 Å². The van der Waals surface area contributed by atoms with Crippen molar-refractivity contribution in [1.82, 2.24) is 15.5 Å². The fraction of sp³-hybridized carbons (Fsp3) is 0.452. The van der Waals surface area contributed by atoms with Crippen molar-refractivity contribution in [3.8, 4) is 5.75 Å². The standard InChI is InChI=1S/C16H17ClN2O3.C16H16N2O3.2C5H11NO2.2Y/c17-6-10-8-19(15(22)7-18-9-20)13-5-14(21)11-3-1-2-4-12(11)16(10)13;19-9-17-7-15(21)18-8-10-6-16(10)12-4-2-1-3-11(12)13(20)5-14(16)18;2*1-5(2,3)8-4(6)7;;/h1-5,10,18,20-21H,6-9H2;1-5,10,17,19H,6-9H2;2*1-3H3,(H2,6,7);;/p-2/t10-;10-,16?;;;;/m11..../s1. The molecule has 326 valence electrons. The number of amides is 4. The first kappa shape index (κ1) is 54.1. The topological polar surface area (TPSA) is 243 Å². The number of likely N-dealkylation sites (tertiary alicyclic amines) is 1. The summed E-state index contributed by atoms with van der Waals surface area (Å²) in [5.74, 6) is 0.728. The molecule has 19 heteroatoms. The molecule has 1 saturated heterocycles. The molecule has 0 bridgehead atoms. The quantitative estimate of drug-likeness (QED) is 0.133. The maximum absolute atomic E-state index is 12.3. The number of anilines is 1. The zero-order chi connectivity index (χ0) is 43.9. The predicted octanol–water partition coefficient (Wildman–Crippen LogP) is 6.10. The van der Waals surface area contributed by atoms with Gasteiger partial charge in [-0.25, -0.2) is 0 Å². The zero-order valence-electron chi connectivity index (χ0n) is 35.2. The summed E-state index contributed by atoms with van der Waals surface area (Å²) < 4.78 is 8.93. The number of alkyl halides is 1. The van der Waals surface area contributed by atoms with E-state index in [2.05, 4.69) is 20.1 Å². The van der Waals surface area contributed by atoms with Gasteiger partial charge in [-0.15, -0.1) is 11.6 Å². The van der Waals surface area contributed by atoms with Crippen molar-refractivity contribution in [3.63, 3.8) is 0 Å². The molecule has 16 nitrogen and oxygen atoms in total. The summed E-state index contributed by atoms with van der Waals surface area (Å²) in [5.41, 5.74) is 16.0. The third-order valence-corrected chi connectivity index (χ3v) is 10.1. The van der Waals surface area contributed by atoms with Crippen LogP contribution in [0.5, 0.6) is 5.75 Å². The van der Waals surface area contributed by atoms with Crippen LogP contribution in [0.2, 0.25) is 0 Å². The monoisotopic (exact) mass is 1010 g/mol. The van der Waals surface area contributed by atoms with Gasteiger partial charge in [-0.3, -0.25) is 34.6 Å². The molecule has 7 rings (SSSR count). The molecule has 3 aromatic carbocycles. The number of aliphatic hydroxyl groups excluding tert-OH is 2. The SMILES string of the molecule is CC(C)(C)OC([NH-])=O.CC(C)(C)OC([NH-])=O.O=C(CNCO)N1C[C@@H](CCl)c2c1cc(O)c1ccccc21.O=C1C=C2N(C(=O)CNCO)C[C@H]3CC23c2ccccc21.[Y].[Y]. The summed E-state index contributed by atoms with van der Waals surface area (Å²) >= 11 is 6.09. The molecule has 1 unspecified atom stereocenters. The van der Waals surface area contributed by atoms with Crippen LogP contribution >= 0.6 is 11.6 Å². The number of halogens is 1. The van der Waals surface area contributed by atoms with Gasteiger partial charge in [0.25, 0.3) is 0 Å². The van der Waals surface area contributed by atoms with Crippen molar-refractivity contribution >= 4 is 57.8 Å². The Kier molecular flexibility index (Phi) is 20.4. The Morgan fingerprint density at radius 3 is 1.82 bits per heavy atom. The van der Waals surface area contributed by atoms with Gasteiger partial charge in [0.05, 0.1) is 32.2 Å². The largest absolute Gasteiger partial charge is 0.632 e. The number of aromatic hydroxyl groups is 1. The summed E-state index contributed by atoms with van der Waals surface area (Å²) in [5, 5.41) is 34.7. The van der Waals surface area contributed by atoms with Gasteiger partial charge in [-0.2, -0.15) is 0 Å². The molecular formula is C42H53ClN6O10Y2-2. The van der Waals surface area contributed by atoms with Crippen LogP contribution in [0.15, 0.2) is 66.4 Å². The van der Waals surface area contributed by atoms with E-state index in [0.29, 0.717) is 30.6 Å². The van der Waals surface area contributed by atoms with E-state index in [4.69, 9.17) is 33.3 Å². The van der Waals surface area contributed by atoms with Crippen LogP contribution < -0.4 is 15.5 Å². The Morgan fingerprint density at radius 1 is 0.820 bits per heavy atom. The molecule has 3 atom stereocenters. The van der Waals surface area contributed by atoms with Crippen molar-refractivity contribution < 1.29 is 114 Å². The number of rotatable bonds is 7. The fourth-order valence-corrected chi connectivity index (χ4v) is 7.74. The van der Waals surface area contributed by atoms with E-state index >= 15 is 0 Å². The van der Waals surface area contributed by atoms with Crippen molar-refractivity contribution in [3.05, 3.63) is 94.5 Å². The predicted molar refractivity (Wildman–Crippen MR) is 223 cm³/mol. The van der Waals surface area contributed by atoms with Crippen molar-refractivity contribution in [1.29, 1.82) is 0 Å². The summed E-state index contributed by atoms with van der Waals surface area (Å²) in [6.07, 6.45) is 0.696. The number of phenols is 1. The number of hydrogen-bond donors (Lipinski definition) is 5. The van der Waals surface area contributed by atoms with E-state index in [9.17, 15) is 29.1 Å². The minimum Gasteiger partial charge on any atom is -0.632 e. The Hall–Kier alpha value is -3.05. The van der Waals surface area contributed by atoms with Crippen LogP contribution in [-0.2, 0) is 89.9 Å². The molecule has 2 fully saturated rings.